The van der Waals surface area contributed by atoms with Gasteiger partial charge in [0.15, 0.2) is 6.10 Å². The van der Waals surface area contributed by atoms with Gasteiger partial charge in [0.1, 0.15) is 12.6 Å². The molecule has 12 nitrogen and oxygen atoms in total. The number of carbonyl (C=O) groups is 3. The quantitative estimate of drug-likeness (QED) is 0.0152. The molecule has 0 rings (SSSR count). The molecule has 0 aliphatic rings. The van der Waals surface area contributed by atoms with Gasteiger partial charge in [-0.25, -0.2) is 4.57 Å². The third kappa shape index (κ3) is 39.3. The number of unbranched alkanes of at least 4 members (excludes halogenated alkanes) is 5. The van der Waals surface area contributed by atoms with Crippen molar-refractivity contribution in [2.45, 2.75) is 141 Å². The lowest BCUT2D eigenvalue weighted by Crippen LogP contribution is -2.34. The van der Waals surface area contributed by atoms with E-state index in [9.17, 15) is 28.9 Å². The summed E-state index contributed by atoms with van der Waals surface area (Å²) in [4.78, 5) is 45.9. The normalized spacial score (nSPS) is 15.3. The van der Waals surface area contributed by atoms with Crippen molar-refractivity contribution in [3.63, 3.8) is 0 Å². The Morgan fingerprint density at radius 3 is 1.73 bits per heavy atom. The maximum Gasteiger partial charge on any atom is 0.472 e. The number of carboxylic acid groups (broad SMARTS) is 1. The van der Waals surface area contributed by atoms with Crippen LogP contribution >= 0.6 is 7.82 Å². The molecule has 0 aromatic rings. The number of carbonyl (C=O) groups excluding carboxylic acids is 2. The second kappa shape index (κ2) is 39.6. The lowest BCUT2D eigenvalue weighted by atomic mass is 10.1. The molecule has 59 heavy (non-hydrogen) atoms. The second-order valence-corrected chi connectivity index (χ2v) is 15.0. The summed E-state index contributed by atoms with van der Waals surface area (Å²) in [5.41, 5.74) is 5.32. The number of aliphatic hydroxyl groups is 1. The molecule has 0 aromatic carbocycles. The molecule has 0 aromatic heterocycles. The Bertz CT molecular complexity index is 1430. The first kappa shape index (κ1) is 55.1. The fourth-order valence-electron chi connectivity index (χ4n) is 4.82. The van der Waals surface area contributed by atoms with Gasteiger partial charge in [0.05, 0.1) is 19.3 Å². The van der Waals surface area contributed by atoms with Crippen LogP contribution < -0.4 is 5.73 Å². The maximum absolute atomic E-state index is 12.6. The minimum atomic E-state index is -4.75. The fourth-order valence-corrected chi connectivity index (χ4v) is 5.59. The Hall–Kier alpha value is -3.90. The lowest BCUT2D eigenvalue weighted by Gasteiger charge is -2.20. The molecule has 0 spiro atoms. The Labute approximate surface area is 353 Å². The lowest BCUT2D eigenvalue weighted by molar-refractivity contribution is -0.161. The molecule has 0 bridgehead atoms. The summed E-state index contributed by atoms with van der Waals surface area (Å²) in [6.45, 7) is 2.33. The van der Waals surface area contributed by atoms with Crippen molar-refractivity contribution in [3.8, 4) is 0 Å². The van der Waals surface area contributed by atoms with Gasteiger partial charge in [-0.05, 0) is 83.5 Å². The summed E-state index contributed by atoms with van der Waals surface area (Å²) < 4.78 is 32.6. The SMILES string of the molecule is CC/C=C\C/C=C\C/C=C\C/C=C\CCCCCCC(=O)O[C@H](COC(=O)CCC/C=C\C/C=C\C/C=C\C=C\CC(O)/C=C\CC)COP(=O)(O)OC[C@H](N)C(=O)O. The highest BCUT2D eigenvalue weighted by Gasteiger charge is 2.28. The molecule has 4 atom stereocenters. The minimum Gasteiger partial charge on any atom is -0.480 e. The number of allylic oxidation sites excluding steroid dienone is 16. The molecule has 0 saturated carbocycles. The van der Waals surface area contributed by atoms with Crippen molar-refractivity contribution >= 4 is 25.7 Å². The van der Waals surface area contributed by atoms with E-state index in [-0.39, 0.29) is 12.8 Å². The highest BCUT2D eigenvalue weighted by molar-refractivity contribution is 7.47. The van der Waals surface area contributed by atoms with Crippen molar-refractivity contribution in [3.05, 3.63) is 109 Å². The van der Waals surface area contributed by atoms with Crippen LogP contribution in [0.2, 0.25) is 0 Å². The van der Waals surface area contributed by atoms with E-state index in [0.29, 0.717) is 25.7 Å². The molecule has 332 valence electrons. The van der Waals surface area contributed by atoms with Gasteiger partial charge < -0.3 is 30.3 Å². The van der Waals surface area contributed by atoms with Crippen molar-refractivity contribution in [2.24, 2.45) is 5.73 Å². The predicted molar refractivity (Wildman–Crippen MR) is 236 cm³/mol. The molecule has 0 fully saturated rings. The van der Waals surface area contributed by atoms with E-state index < -0.39 is 63.8 Å². The van der Waals surface area contributed by atoms with Crippen molar-refractivity contribution in [1.82, 2.24) is 0 Å². The molecule has 0 radical (unpaired) electrons. The largest absolute Gasteiger partial charge is 0.480 e. The number of phosphoric ester groups is 1. The highest BCUT2D eigenvalue weighted by Crippen LogP contribution is 2.43. The van der Waals surface area contributed by atoms with Gasteiger partial charge in [-0.1, -0.05) is 136 Å². The number of aliphatic hydroxyl groups excluding tert-OH is 1. The number of rotatable bonds is 37. The van der Waals surface area contributed by atoms with Gasteiger partial charge in [-0.15, -0.1) is 0 Å². The van der Waals surface area contributed by atoms with Gasteiger partial charge in [0.25, 0.3) is 0 Å². The topological polar surface area (TPSA) is 192 Å². The summed E-state index contributed by atoms with van der Waals surface area (Å²) in [6, 6.07) is -1.55. The van der Waals surface area contributed by atoms with Gasteiger partial charge in [0.2, 0.25) is 0 Å². The average Bonchev–Trinajstić information content (AvgIpc) is 3.21. The summed E-state index contributed by atoms with van der Waals surface area (Å²) in [5.74, 6) is -2.53. The summed E-state index contributed by atoms with van der Waals surface area (Å²) in [5, 5.41) is 18.6. The number of hydrogen-bond acceptors (Lipinski definition) is 10. The van der Waals surface area contributed by atoms with Crippen LogP contribution in [0.25, 0.3) is 0 Å². The Kier molecular flexibility index (Phi) is 36.9. The predicted octanol–water partition coefficient (Wildman–Crippen LogP) is 10.0. The highest BCUT2D eigenvalue weighted by atomic mass is 31.2. The van der Waals surface area contributed by atoms with Gasteiger partial charge >= 0.3 is 25.7 Å². The zero-order chi connectivity index (χ0) is 43.7. The molecule has 0 heterocycles. The van der Waals surface area contributed by atoms with E-state index in [1.807, 2.05) is 55.5 Å². The van der Waals surface area contributed by atoms with E-state index in [4.69, 9.17) is 24.8 Å². The number of hydrogen-bond donors (Lipinski definition) is 4. The van der Waals surface area contributed by atoms with Crippen LogP contribution in [0.5, 0.6) is 0 Å². The van der Waals surface area contributed by atoms with Crippen LogP contribution in [-0.2, 0) is 37.5 Å². The maximum atomic E-state index is 12.6. The van der Waals surface area contributed by atoms with Crippen LogP contribution in [0.1, 0.15) is 123 Å². The van der Waals surface area contributed by atoms with Crippen LogP contribution in [0.15, 0.2) is 109 Å². The summed E-state index contributed by atoms with van der Waals surface area (Å²) >= 11 is 0. The van der Waals surface area contributed by atoms with Crippen LogP contribution in [0.4, 0.5) is 0 Å². The number of esters is 2. The number of phosphoric acid groups is 1. The zero-order valence-electron chi connectivity index (χ0n) is 35.4. The molecular formula is C46H72NO11P. The van der Waals surface area contributed by atoms with Crippen LogP contribution in [-0.4, -0.2) is 71.1 Å². The molecule has 0 saturated heterocycles. The zero-order valence-corrected chi connectivity index (χ0v) is 36.3. The monoisotopic (exact) mass is 845 g/mol. The fraction of sp³-hybridized carbons (Fsp3) is 0.543. The standard InChI is InChI=1S/C46H72NO11P/c1-3-5-7-8-9-10-11-12-13-14-15-16-21-24-27-30-33-37-45(50)58-42(39-56-59(53,54)57-40-43(47)46(51)52)38-55-44(49)36-32-29-26-23-20-18-17-19-22-25-28-31-35-41(48)34-6-4-2/h5-7,9-10,12-13,15-18,22-23,25-26,28,31,34,41-43,48H,3-4,8,11,14,19-21,24,27,29-30,32-33,35-40,47H2,1-2H3,(H,51,52)(H,53,54)/b7-5-,10-9-,13-12-,16-15-,18-17-,25-22-,26-23-,31-28+,34-6-/t41?,42-,43+/m1/s1. The number of nitrogens with two attached hydrogens (primary N) is 1. The third-order valence-corrected chi connectivity index (χ3v) is 9.04. The van der Waals surface area contributed by atoms with E-state index in [1.165, 1.54) is 0 Å². The molecule has 13 heteroatoms. The second-order valence-electron chi connectivity index (χ2n) is 13.6. The van der Waals surface area contributed by atoms with E-state index in [0.717, 1.165) is 70.6 Å². The average molecular weight is 846 g/mol. The smallest absolute Gasteiger partial charge is 0.472 e. The number of carboxylic acids is 1. The molecule has 0 aliphatic heterocycles. The Morgan fingerprint density at radius 2 is 1.12 bits per heavy atom. The van der Waals surface area contributed by atoms with E-state index >= 15 is 0 Å². The van der Waals surface area contributed by atoms with Crippen LogP contribution in [0.3, 0.4) is 0 Å². The number of ether oxygens (including phenoxy) is 2. The first-order valence-electron chi connectivity index (χ1n) is 21.0. The molecular weight excluding hydrogens is 773 g/mol. The third-order valence-electron chi connectivity index (χ3n) is 8.09. The first-order chi connectivity index (χ1) is 28.5. The minimum absolute atomic E-state index is 0.105. The molecule has 0 amide bonds. The molecule has 5 N–H and O–H groups in total. The first-order valence-corrected chi connectivity index (χ1v) is 22.5. The summed E-state index contributed by atoms with van der Waals surface area (Å²) in [6.07, 6.45) is 47.9. The number of aliphatic carboxylic acids is 1. The Morgan fingerprint density at radius 1 is 0.610 bits per heavy atom. The van der Waals surface area contributed by atoms with Crippen molar-refractivity contribution < 1.29 is 52.6 Å². The van der Waals surface area contributed by atoms with Crippen molar-refractivity contribution in [2.75, 3.05) is 19.8 Å². The van der Waals surface area contributed by atoms with Crippen LogP contribution in [0, 0.1) is 0 Å². The van der Waals surface area contributed by atoms with Gasteiger partial charge in [0, 0.05) is 12.8 Å². The summed E-state index contributed by atoms with van der Waals surface area (Å²) in [7, 11) is -4.75. The van der Waals surface area contributed by atoms with E-state index in [1.54, 1.807) is 6.08 Å². The van der Waals surface area contributed by atoms with Gasteiger partial charge in [-0.3, -0.25) is 23.4 Å². The molecule has 0 aliphatic carbocycles. The Balaban J connectivity index is 4.58. The van der Waals surface area contributed by atoms with Gasteiger partial charge in [-0.2, -0.15) is 0 Å². The van der Waals surface area contributed by atoms with Crippen molar-refractivity contribution in [1.29, 1.82) is 0 Å². The molecule has 2 unspecified atom stereocenters. The van der Waals surface area contributed by atoms with E-state index in [2.05, 4.69) is 66.1 Å².